The number of fused-ring (bicyclic) bond motifs is 1. The summed E-state index contributed by atoms with van der Waals surface area (Å²) >= 11 is 0. The van der Waals surface area contributed by atoms with E-state index >= 15 is 0 Å². The lowest BCUT2D eigenvalue weighted by Gasteiger charge is -2.25. The van der Waals surface area contributed by atoms with Crippen LogP contribution in [-0.2, 0) is 23.4 Å². The lowest BCUT2D eigenvalue weighted by Crippen LogP contribution is -2.36. The highest BCUT2D eigenvalue weighted by molar-refractivity contribution is 7.52. The number of aromatic amines is 1. The molecule has 2 heterocycles. The van der Waals surface area contributed by atoms with Crippen LogP contribution < -0.4 is 20.9 Å². The Morgan fingerprint density at radius 1 is 1.28 bits per heavy atom. The summed E-state index contributed by atoms with van der Waals surface area (Å²) < 4.78 is 50.7. The number of rotatable bonds is 11. The van der Waals surface area contributed by atoms with Crippen molar-refractivity contribution in [3.63, 3.8) is 0 Å². The molecule has 0 spiro atoms. The monoisotopic (exact) mass is 565 g/mol. The summed E-state index contributed by atoms with van der Waals surface area (Å²) in [5.41, 5.74) is -2.11. The number of hydrogen-bond acceptors (Lipinski definition) is 9. The van der Waals surface area contributed by atoms with E-state index in [0.717, 1.165) is 9.95 Å². The summed E-state index contributed by atoms with van der Waals surface area (Å²) in [6, 6.07) is 11.3. The van der Waals surface area contributed by atoms with Crippen molar-refractivity contribution in [3.8, 4) is 5.75 Å². The molecule has 3 aromatic rings. The van der Waals surface area contributed by atoms with Crippen molar-refractivity contribution in [3.05, 3.63) is 75.3 Å². The molecule has 210 valence electrons. The Morgan fingerprint density at radius 2 is 2.03 bits per heavy atom. The average Bonchev–Trinajstić information content (AvgIpc) is 3.28. The van der Waals surface area contributed by atoms with Gasteiger partial charge in [0.1, 0.15) is 24.1 Å². The molecule has 2 aromatic carbocycles. The number of H-pyrrole nitrogens is 1. The summed E-state index contributed by atoms with van der Waals surface area (Å²) in [6.45, 7) is 2.96. The third-order valence-corrected chi connectivity index (χ3v) is 7.60. The number of benzene rings is 2. The largest absolute Gasteiger partial charge is 0.465 e. The van der Waals surface area contributed by atoms with Gasteiger partial charge in [0.05, 0.1) is 25.5 Å². The van der Waals surface area contributed by atoms with E-state index in [0.29, 0.717) is 18.0 Å². The second-order valence-electron chi connectivity index (χ2n) is 8.96. The minimum absolute atomic E-state index is 0.138. The fraction of sp³-hybridized carbons (Fsp3) is 0.400. The molecule has 14 heteroatoms. The predicted octanol–water partition coefficient (Wildman–Crippen LogP) is 2.61. The molecule has 0 radical (unpaired) electrons. The first-order chi connectivity index (χ1) is 18.6. The molecule has 1 aliphatic heterocycles. The van der Waals surface area contributed by atoms with E-state index in [1.54, 1.807) is 24.3 Å². The van der Waals surface area contributed by atoms with E-state index in [4.69, 9.17) is 18.5 Å². The van der Waals surface area contributed by atoms with E-state index in [-0.39, 0.29) is 18.8 Å². The summed E-state index contributed by atoms with van der Waals surface area (Å²) in [5, 5.41) is 14.5. The number of aliphatic hydroxyl groups excluding tert-OH is 1. The molecule has 0 saturated carbocycles. The van der Waals surface area contributed by atoms with Crippen molar-refractivity contribution in [2.75, 3.05) is 13.2 Å². The fourth-order valence-electron chi connectivity index (χ4n) is 3.99. The molecule has 3 N–H and O–H groups in total. The quantitative estimate of drug-likeness (QED) is 0.233. The maximum absolute atomic E-state index is 13.9. The number of ether oxygens (including phenoxy) is 2. The van der Waals surface area contributed by atoms with Crippen molar-refractivity contribution in [1.29, 1.82) is 0 Å². The first-order valence-corrected chi connectivity index (χ1v) is 13.9. The second-order valence-corrected chi connectivity index (χ2v) is 10.6. The highest BCUT2D eigenvalue weighted by atomic mass is 31.2. The van der Waals surface area contributed by atoms with Gasteiger partial charge in [-0.05, 0) is 24.8 Å². The zero-order chi connectivity index (χ0) is 28.2. The molecule has 0 amide bonds. The molecule has 1 aromatic heterocycles. The van der Waals surface area contributed by atoms with Crippen LogP contribution in [0, 0.1) is 5.82 Å². The van der Waals surface area contributed by atoms with E-state index in [1.165, 1.54) is 6.92 Å². The van der Waals surface area contributed by atoms with Crippen molar-refractivity contribution < 1.29 is 37.4 Å². The van der Waals surface area contributed by atoms with Crippen molar-refractivity contribution in [1.82, 2.24) is 14.6 Å². The van der Waals surface area contributed by atoms with Crippen LogP contribution in [0.3, 0.4) is 0 Å². The Balaban J connectivity index is 1.54. The molecule has 1 aliphatic rings. The highest BCUT2D eigenvalue weighted by Gasteiger charge is 2.40. The van der Waals surface area contributed by atoms with Gasteiger partial charge in [-0.2, -0.15) is 9.48 Å². The SMILES string of the molecule is CCCOC(=O)[C@H](C)NP(=O)(OC[C@H]1O[C@@H](n2cc(F)c(=O)[nH]c2=O)C[C@@H]1O)Oc1cccc2ccccc12. The highest BCUT2D eigenvalue weighted by Crippen LogP contribution is 2.47. The maximum Gasteiger partial charge on any atom is 0.459 e. The third kappa shape index (κ3) is 6.81. The number of aromatic nitrogens is 2. The van der Waals surface area contributed by atoms with Crippen LogP contribution in [0.15, 0.2) is 58.3 Å². The third-order valence-electron chi connectivity index (χ3n) is 5.97. The van der Waals surface area contributed by atoms with Gasteiger partial charge in [0.25, 0.3) is 5.56 Å². The van der Waals surface area contributed by atoms with Crippen LogP contribution in [0.2, 0.25) is 0 Å². The predicted molar refractivity (Wildman–Crippen MR) is 138 cm³/mol. The number of carbonyl (C=O) groups is 1. The zero-order valence-electron chi connectivity index (χ0n) is 21.2. The Labute approximate surface area is 222 Å². The Kier molecular flexibility index (Phi) is 8.98. The lowest BCUT2D eigenvalue weighted by molar-refractivity contribution is -0.145. The first kappa shape index (κ1) is 28.7. The molecular formula is C25H29FN3O9P. The molecule has 0 aliphatic carbocycles. The number of aliphatic hydroxyl groups is 1. The minimum Gasteiger partial charge on any atom is -0.465 e. The van der Waals surface area contributed by atoms with Crippen LogP contribution >= 0.6 is 7.75 Å². The van der Waals surface area contributed by atoms with E-state index in [1.807, 2.05) is 30.1 Å². The fourth-order valence-corrected chi connectivity index (χ4v) is 5.52. The molecule has 4 rings (SSSR count). The van der Waals surface area contributed by atoms with Crippen LogP contribution in [0.1, 0.15) is 32.9 Å². The Morgan fingerprint density at radius 3 is 2.79 bits per heavy atom. The normalized spacial score (nSPS) is 21.4. The number of esters is 1. The molecule has 1 fully saturated rings. The summed E-state index contributed by atoms with van der Waals surface area (Å²) in [4.78, 5) is 37.6. The van der Waals surface area contributed by atoms with E-state index in [9.17, 15) is 28.4 Å². The van der Waals surface area contributed by atoms with Crippen molar-refractivity contribution in [2.45, 2.75) is 51.2 Å². The molecule has 39 heavy (non-hydrogen) atoms. The van der Waals surface area contributed by atoms with Crippen molar-refractivity contribution >= 4 is 24.5 Å². The van der Waals surface area contributed by atoms with Gasteiger partial charge in [-0.25, -0.2) is 9.36 Å². The van der Waals surface area contributed by atoms with Gasteiger partial charge in [-0.1, -0.05) is 43.3 Å². The molecule has 12 nitrogen and oxygen atoms in total. The zero-order valence-corrected chi connectivity index (χ0v) is 22.1. The number of carbonyl (C=O) groups excluding carboxylic acids is 1. The Bertz CT molecular complexity index is 1490. The van der Waals surface area contributed by atoms with Gasteiger partial charge in [0, 0.05) is 11.8 Å². The van der Waals surface area contributed by atoms with Crippen molar-refractivity contribution in [2.24, 2.45) is 0 Å². The van der Waals surface area contributed by atoms with Crippen LogP contribution in [0.5, 0.6) is 5.75 Å². The molecule has 5 atom stereocenters. The van der Waals surface area contributed by atoms with Crippen LogP contribution in [-0.4, -0.2) is 52.1 Å². The summed E-state index contributed by atoms with van der Waals surface area (Å²) in [6.07, 6.45) is -2.29. The molecular weight excluding hydrogens is 536 g/mol. The van der Waals surface area contributed by atoms with Gasteiger partial charge in [0.2, 0.25) is 5.82 Å². The first-order valence-electron chi connectivity index (χ1n) is 12.3. The molecule has 1 saturated heterocycles. The lowest BCUT2D eigenvalue weighted by atomic mass is 10.1. The number of nitrogens with zero attached hydrogens (tertiary/aromatic N) is 1. The van der Waals surface area contributed by atoms with Gasteiger partial charge in [-0.3, -0.25) is 23.7 Å². The smallest absolute Gasteiger partial charge is 0.459 e. The summed E-state index contributed by atoms with van der Waals surface area (Å²) in [7, 11) is -4.30. The van der Waals surface area contributed by atoms with E-state index in [2.05, 4.69) is 5.09 Å². The standard InChI is InChI=1S/C25H29FN3O9P/c1-3-11-35-24(32)15(2)28-39(34,38-20-10-6-8-16-7-4-5-9-17(16)20)36-14-21-19(30)12-22(37-21)29-13-18(26)23(31)27-25(29)33/h4-10,13,15,19,21-22,30H,3,11-12,14H2,1-2H3,(H,28,34)(H,27,31,33)/t15-,19-,21+,22+,39?/m0/s1. The number of nitrogens with one attached hydrogen (secondary N) is 2. The minimum atomic E-state index is -4.30. The topological polar surface area (TPSA) is 158 Å². The number of hydrogen-bond donors (Lipinski definition) is 3. The van der Waals surface area contributed by atoms with Gasteiger partial charge in [-0.15, -0.1) is 0 Å². The van der Waals surface area contributed by atoms with Crippen LogP contribution in [0.25, 0.3) is 10.8 Å². The number of halogens is 1. The Hall–Kier alpha value is -3.35. The molecule has 1 unspecified atom stereocenters. The second kappa shape index (κ2) is 12.2. The maximum atomic E-state index is 13.9. The van der Waals surface area contributed by atoms with Gasteiger partial charge >= 0.3 is 19.4 Å². The van der Waals surface area contributed by atoms with Crippen LogP contribution in [0.4, 0.5) is 4.39 Å². The average molecular weight is 565 g/mol. The van der Waals surface area contributed by atoms with Gasteiger partial charge < -0.3 is 19.1 Å². The van der Waals surface area contributed by atoms with E-state index < -0.39 is 61.9 Å². The summed E-state index contributed by atoms with van der Waals surface area (Å²) in [5.74, 6) is -1.65. The molecule has 0 bridgehead atoms. The van der Waals surface area contributed by atoms with Gasteiger partial charge in [0.15, 0.2) is 0 Å².